The van der Waals surface area contributed by atoms with Crippen LogP contribution in [0.5, 0.6) is 0 Å². The number of hydrogen-bond donors (Lipinski definition) is 2. The molecule has 21 heavy (non-hydrogen) atoms. The van der Waals surface area contributed by atoms with E-state index in [4.69, 9.17) is 5.11 Å². The van der Waals surface area contributed by atoms with Crippen molar-refractivity contribution < 1.29 is 14.8 Å². The topological polar surface area (TPSA) is 105 Å². The molecular formula is C14H19N3O4. The molecule has 1 aliphatic carbocycles. The van der Waals surface area contributed by atoms with Gasteiger partial charge in [-0.2, -0.15) is 0 Å². The summed E-state index contributed by atoms with van der Waals surface area (Å²) in [6, 6.07) is 2.90. The van der Waals surface area contributed by atoms with Crippen LogP contribution in [0, 0.1) is 15.5 Å². The van der Waals surface area contributed by atoms with Crippen LogP contribution in [-0.2, 0) is 4.79 Å². The van der Waals surface area contributed by atoms with Gasteiger partial charge in [-0.25, -0.2) is 4.98 Å². The molecule has 0 saturated heterocycles. The van der Waals surface area contributed by atoms with Gasteiger partial charge in [0, 0.05) is 18.8 Å². The molecule has 0 spiro atoms. The first kappa shape index (κ1) is 15.2. The van der Waals surface area contributed by atoms with E-state index in [2.05, 4.69) is 10.3 Å². The fourth-order valence-corrected chi connectivity index (χ4v) is 2.99. The number of carbonyl (C=O) groups is 1. The molecule has 1 saturated carbocycles. The number of hydrogen-bond acceptors (Lipinski definition) is 5. The van der Waals surface area contributed by atoms with E-state index in [0.717, 1.165) is 32.1 Å². The molecule has 0 unspecified atom stereocenters. The molecule has 0 atom stereocenters. The van der Waals surface area contributed by atoms with Gasteiger partial charge in [0.1, 0.15) is 0 Å². The van der Waals surface area contributed by atoms with Crippen LogP contribution < -0.4 is 5.32 Å². The lowest BCUT2D eigenvalue weighted by Crippen LogP contribution is -2.34. The zero-order valence-corrected chi connectivity index (χ0v) is 11.7. The maximum Gasteiger partial charge on any atom is 0.311 e. The number of aliphatic carboxylic acids is 1. The van der Waals surface area contributed by atoms with Crippen LogP contribution in [0.3, 0.4) is 0 Å². The van der Waals surface area contributed by atoms with Gasteiger partial charge in [0.25, 0.3) is 0 Å². The summed E-state index contributed by atoms with van der Waals surface area (Å²) in [5.74, 6) is -0.618. The van der Waals surface area contributed by atoms with Gasteiger partial charge in [-0.3, -0.25) is 14.9 Å². The molecule has 1 aromatic heterocycles. The average Bonchev–Trinajstić information content (AvgIpc) is 2.46. The van der Waals surface area contributed by atoms with Crippen molar-refractivity contribution in [2.45, 2.75) is 38.5 Å². The standard InChI is InChI=1S/C14H19N3O4/c18-12(19)9-14(6-2-1-3-7-14)10-16-13-11(17(20)21)5-4-8-15-13/h4-5,8H,1-3,6-7,9-10H2,(H,15,16)(H,18,19). The van der Waals surface area contributed by atoms with Crippen LogP contribution in [0.1, 0.15) is 38.5 Å². The Morgan fingerprint density at radius 1 is 1.43 bits per heavy atom. The van der Waals surface area contributed by atoms with Gasteiger partial charge in [-0.05, 0) is 24.3 Å². The molecule has 7 nitrogen and oxygen atoms in total. The molecule has 114 valence electrons. The molecule has 0 aromatic carbocycles. The van der Waals surface area contributed by atoms with Gasteiger partial charge in [0.15, 0.2) is 0 Å². The quantitative estimate of drug-likeness (QED) is 0.617. The molecule has 0 radical (unpaired) electrons. The lowest BCUT2D eigenvalue weighted by molar-refractivity contribution is -0.384. The van der Waals surface area contributed by atoms with Gasteiger partial charge < -0.3 is 10.4 Å². The first-order chi connectivity index (χ1) is 10.0. The van der Waals surface area contributed by atoms with Gasteiger partial charge in [-0.1, -0.05) is 19.3 Å². The summed E-state index contributed by atoms with van der Waals surface area (Å²) in [6.45, 7) is 0.400. The lowest BCUT2D eigenvalue weighted by Gasteiger charge is -2.36. The third-order valence-corrected chi connectivity index (χ3v) is 4.05. The zero-order chi connectivity index (χ0) is 15.3. The highest BCUT2D eigenvalue weighted by Gasteiger charge is 2.34. The van der Waals surface area contributed by atoms with E-state index >= 15 is 0 Å². The Balaban J connectivity index is 2.11. The van der Waals surface area contributed by atoms with Gasteiger partial charge in [0.2, 0.25) is 5.82 Å². The van der Waals surface area contributed by atoms with Crippen molar-refractivity contribution in [1.29, 1.82) is 0 Å². The Hall–Kier alpha value is -2.18. The minimum Gasteiger partial charge on any atom is -0.481 e. The number of pyridine rings is 1. The minimum absolute atomic E-state index is 0.0840. The van der Waals surface area contributed by atoms with Crippen molar-refractivity contribution in [2.75, 3.05) is 11.9 Å². The van der Waals surface area contributed by atoms with Crippen molar-refractivity contribution in [1.82, 2.24) is 4.98 Å². The van der Waals surface area contributed by atoms with Crippen LogP contribution in [0.4, 0.5) is 11.5 Å². The minimum atomic E-state index is -0.825. The molecule has 0 amide bonds. The van der Waals surface area contributed by atoms with Crippen molar-refractivity contribution in [3.05, 3.63) is 28.4 Å². The van der Waals surface area contributed by atoms with Crippen LogP contribution in [0.15, 0.2) is 18.3 Å². The lowest BCUT2D eigenvalue weighted by atomic mass is 9.71. The van der Waals surface area contributed by atoms with E-state index in [9.17, 15) is 14.9 Å². The first-order valence-corrected chi connectivity index (χ1v) is 7.07. The summed E-state index contributed by atoms with van der Waals surface area (Å²) in [4.78, 5) is 25.6. The summed E-state index contributed by atoms with van der Waals surface area (Å²) in [5, 5.41) is 23.1. The van der Waals surface area contributed by atoms with Gasteiger partial charge in [-0.15, -0.1) is 0 Å². The molecule has 2 N–H and O–H groups in total. The third-order valence-electron chi connectivity index (χ3n) is 4.05. The highest BCUT2D eigenvalue weighted by molar-refractivity contribution is 5.68. The summed E-state index contributed by atoms with van der Waals surface area (Å²) in [7, 11) is 0. The Bertz CT molecular complexity index is 527. The summed E-state index contributed by atoms with van der Waals surface area (Å²) in [5.41, 5.74) is -0.422. The number of aromatic nitrogens is 1. The predicted molar refractivity (Wildman–Crippen MR) is 77.2 cm³/mol. The summed E-state index contributed by atoms with van der Waals surface area (Å²) >= 11 is 0. The molecular weight excluding hydrogens is 274 g/mol. The van der Waals surface area contributed by atoms with Crippen LogP contribution in [-0.4, -0.2) is 27.5 Å². The summed E-state index contributed by atoms with van der Waals surface area (Å²) < 4.78 is 0. The Morgan fingerprint density at radius 2 is 2.14 bits per heavy atom. The highest BCUT2D eigenvalue weighted by atomic mass is 16.6. The molecule has 1 aromatic rings. The number of rotatable bonds is 6. The normalized spacial score (nSPS) is 17.1. The molecule has 1 heterocycles. The Morgan fingerprint density at radius 3 is 2.76 bits per heavy atom. The van der Waals surface area contributed by atoms with E-state index in [-0.39, 0.29) is 23.3 Å². The SMILES string of the molecule is O=C(O)CC1(CNc2ncccc2[N+](=O)[O-])CCCCC1. The van der Waals surface area contributed by atoms with Crippen molar-refractivity contribution >= 4 is 17.5 Å². The third kappa shape index (κ3) is 3.90. The van der Waals surface area contributed by atoms with Gasteiger partial charge in [0.05, 0.1) is 11.3 Å². The second-order valence-corrected chi connectivity index (χ2v) is 5.61. The van der Waals surface area contributed by atoms with Crippen molar-refractivity contribution in [3.8, 4) is 0 Å². The molecule has 1 aliphatic rings. The van der Waals surface area contributed by atoms with Crippen LogP contribution in [0.2, 0.25) is 0 Å². The van der Waals surface area contributed by atoms with Crippen LogP contribution >= 0.6 is 0 Å². The van der Waals surface area contributed by atoms with E-state index in [1.165, 1.54) is 18.3 Å². The van der Waals surface area contributed by atoms with E-state index < -0.39 is 10.9 Å². The molecule has 0 aliphatic heterocycles. The highest BCUT2D eigenvalue weighted by Crippen LogP contribution is 2.39. The smallest absolute Gasteiger partial charge is 0.311 e. The fraction of sp³-hybridized carbons (Fsp3) is 0.571. The molecule has 1 fully saturated rings. The van der Waals surface area contributed by atoms with Crippen LogP contribution in [0.25, 0.3) is 0 Å². The number of carboxylic acids is 1. The molecule has 0 bridgehead atoms. The second kappa shape index (κ2) is 6.51. The maximum absolute atomic E-state index is 11.1. The van der Waals surface area contributed by atoms with E-state index in [1.807, 2.05) is 0 Å². The second-order valence-electron chi connectivity index (χ2n) is 5.61. The van der Waals surface area contributed by atoms with Gasteiger partial charge >= 0.3 is 11.7 Å². The summed E-state index contributed by atoms with van der Waals surface area (Å²) in [6.07, 6.45) is 6.34. The van der Waals surface area contributed by atoms with E-state index in [1.54, 1.807) is 0 Å². The largest absolute Gasteiger partial charge is 0.481 e. The molecule has 2 rings (SSSR count). The number of carboxylic acid groups (broad SMARTS) is 1. The fourth-order valence-electron chi connectivity index (χ4n) is 2.99. The number of anilines is 1. The number of nitro groups is 1. The maximum atomic E-state index is 11.1. The van der Waals surface area contributed by atoms with Crippen molar-refractivity contribution in [2.24, 2.45) is 5.41 Å². The van der Waals surface area contributed by atoms with E-state index in [0.29, 0.717) is 6.54 Å². The van der Waals surface area contributed by atoms with Crippen molar-refractivity contribution in [3.63, 3.8) is 0 Å². The monoisotopic (exact) mass is 293 g/mol. The average molecular weight is 293 g/mol. The Kier molecular flexibility index (Phi) is 4.72. The zero-order valence-electron chi connectivity index (χ0n) is 11.7. The Labute approximate surface area is 122 Å². The predicted octanol–water partition coefficient (Wildman–Crippen LogP) is 2.83. The number of nitrogens with zero attached hydrogens (tertiary/aromatic N) is 2. The molecule has 7 heteroatoms. The number of nitrogens with one attached hydrogen (secondary N) is 1. The first-order valence-electron chi connectivity index (χ1n) is 7.07.